The Hall–Kier alpha value is -1.66. The summed E-state index contributed by atoms with van der Waals surface area (Å²) in [6.45, 7) is 0.489. The molecular formula is C14H15FN2O2S. The number of hydrogen-bond donors (Lipinski definition) is 1. The van der Waals surface area contributed by atoms with Crippen molar-refractivity contribution in [2.45, 2.75) is 23.8 Å². The zero-order valence-electron chi connectivity index (χ0n) is 10.8. The zero-order valence-corrected chi connectivity index (χ0v) is 11.6. The van der Waals surface area contributed by atoms with Crippen LogP contribution in [-0.2, 0) is 10.0 Å². The third-order valence-electron chi connectivity index (χ3n) is 3.60. The highest BCUT2D eigenvalue weighted by atomic mass is 32.2. The van der Waals surface area contributed by atoms with E-state index >= 15 is 0 Å². The molecule has 1 aliphatic rings. The molecule has 0 aliphatic carbocycles. The normalized spacial score (nSPS) is 20.4. The minimum atomic E-state index is -3.58. The summed E-state index contributed by atoms with van der Waals surface area (Å²) in [7, 11) is -3.58. The number of hydrogen-bond acceptors (Lipinski definition) is 2. The van der Waals surface area contributed by atoms with E-state index < -0.39 is 15.8 Å². The molecule has 1 fully saturated rings. The van der Waals surface area contributed by atoms with Crippen molar-refractivity contribution in [2.24, 2.45) is 0 Å². The van der Waals surface area contributed by atoms with Crippen molar-refractivity contribution in [1.82, 2.24) is 9.29 Å². The highest BCUT2D eigenvalue weighted by Gasteiger charge is 2.36. The van der Waals surface area contributed by atoms with E-state index in [2.05, 4.69) is 4.98 Å². The average Bonchev–Trinajstić information content (AvgIpc) is 3.10. The van der Waals surface area contributed by atoms with E-state index in [0.29, 0.717) is 6.54 Å². The van der Waals surface area contributed by atoms with E-state index in [0.717, 1.165) is 18.5 Å². The van der Waals surface area contributed by atoms with Gasteiger partial charge in [0, 0.05) is 18.4 Å². The maximum atomic E-state index is 12.9. The van der Waals surface area contributed by atoms with Crippen molar-refractivity contribution in [3.63, 3.8) is 0 Å². The maximum Gasteiger partial charge on any atom is 0.243 e. The van der Waals surface area contributed by atoms with Crippen LogP contribution in [0.3, 0.4) is 0 Å². The van der Waals surface area contributed by atoms with Gasteiger partial charge < -0.3 is 4.98 Å². The van der Waals surface area contributed by atoms with Crippen LogP contribution in [0.25, 0.3) is 0 Å². The molecule has 1 aliphatic heterocycles. The Morgan fingerprint density at radius 3 is 2.60 bits per heavy atom. The summed E-state index contributed by atoms with van der Waals surface area (Å²) in [5, 5.41) is 0. The van der Waals surface area contributed by atoms with Gasteiger partial charge in [-0.2, -0.15) is 4.31 Å². The van der Waals surface area contributed by atoms with E-state index in [-0.39, 0.29) is 10.9 Å². The molecule has 2 heterocycles. The smallest absolute Gasteiger partial charge is 0.243 e. The van der Waals surface area contributed by atoms with Crippen LogP contribution in [0.15, 0.2) is 47.5 Å². The molecule has 3 rings (SSSR count). The molecule has 1 saturated heterocycles. The van der Waals surface area contributed by atoms with E-state index in [4.69, 9.17) is 0 Å². The van der Waals surface area contributed by atoms with Gasteiger partial charge in [-0.25, -0.2) is 12.8 Å². The van der Waals surface area contributed by atoms with Crippen molar-refractivity contribution in [2.75, 3.05) is 6.54 Å². The number of benzene rings is 1. The molecular weight excluding hydrogens is 279 g/mol. The van der Waals surface area contributed by atoms with E-state index in [1.165, 1.54) is 28.6 Å². The predicted octanol–water partition coefficient (Wildman–Crippen LogP) is 2.68. The fourth-order valence-electron chi connectivity index (χ4n) is 2.63. The van der Waals surface area contributed by atoms with Crippen molar-refractivity contribution in [3.05, 3.63) is 54.1 Å². The Labute approximate surface area is 117 Å². The van der Waals surface area contributed by atoms with Gasteiger partial charge in [0.15, 0.2) is 0 Å². The number of H-pyrrole nitrogens is 1. The first-order chi connectivity index (χ1) is 9.59. The molecule has 2 aromatic rings. The molecule has 20 heavy (non-hydrogen) atoms. The first kappa shape index (κ1) is 13.3. The summed E-state index contributed by atoms with van der Waals surface area (Å²) >= 11 is 0. The lowest BCUT2D eigenvalue weighted by atomic mass is 10.2. The molecule has 1 aromatic heterocycles. The molecule has 1 unspecified atom stereocenters. The van der Waals surface area contributed by atoms with Gasteiger partial charge in [0.2, 0.25) is 10.0 Å². The topological polar surface area (TPSA) is 53.2 Å². The number of nitrogens with one attached hydrogen (secondary N) is 1. The molecule has 0 amide bonds. The highest BCUT2D eigenvalue weighted by molar-refractivity contribution is 7.89. The van der Waals surface area contributed by atoms with Gasteiger partial charge in [0.25, 0.3) is 0 Å². The Kier molecular flexibility index (Phi) is 3.35. The summed E-state index contributed by atoms with van der Waals surface area (Å²) in [4.78, 5) is 3.21. The zero-order chi connectivity index (χ0) is 14.2. The van der Waals surface area contributed by atoms with Gasteiger partial charge in [0.1, 0.15) is 5.82 Å². The average molecular weight is 294 g/mol. The van der Waals surface area contributed by atoms with Gasteiger partial charge in [-0.1, -0.05) is 0 Å². The standard InChI is InChI=1S/C14H15FN2O2S/c15-11-5-7-12(8-6-11)20(18,19)17-10-2-4-14(17)13-3-1-9-16-13/h1,3,5-9,14,16H,2,4,10H2. The minimum Gasteiger partial charge on any atom is -0.364 e. The SMILES string of the molecule is O=S(=O)(c1ccc(F)cc1)N1CCCC1c1ccc[nH]1. The number of halogens is 1. The van der Waals surface area contributed by atoms with Crippen LogP contribution < -0.4 is 0 Å². The third-order valence-corrected chi connectivity index (χ3v) is 5.53. The number of nitrogens with zero attached hydrogens (tertiary/aromatic N) is 1. The Balaban J connectivity index is 1.96. The molecule has 0 bridgehead atoms. The van der Waals surface area contributed by atoms with Crippen LogP contribution in [0.4, 0.5) is 4.39 Å². The first-order valence-corrected chi connectivity index (χ1v) is 7.94. The molecule has 0 radical (unpaired) electrons. The second-order valence-corrected chi connectivity index (χ2v) is 6.74. The van der Waals surface area contributed by atoms with Crippen LogP contribution in [-0.4, -0.2) is 24.3 Å². The minimum absolute atomic E-state index is 0.136. The third kappa shape index (κ3) is 2.25. The quantitative estimate of drug-likeness (QED) is 0.946. The van der Waals surface area contributed by atoms with Crippen molar-refractivity contribution in [3.8, 4) is 0 Å². The van der Waals surface area contributed by atoms with E-state index in [1.54, 1.807) is 6.20 Å². The Morgan fingerprint density at radius 2 is 1.95 bits per heavy atom. The fourth-order valence-corrected chi connectivity index (χ4v) is 4.31. The van der Waals surface area contributed by atoms with E-state index in [9.17, 15) is 12.8 Å². The van der Waals surface area contributed by atoms with Crippen molar-refractivity contribution >= 4 is 10.0 Å². The maximum absolute atomic E-state index is 12.9. The largest absolute Gasteiger partial charge is 0.364 e. The molecule has 4 nitrogen and oxygen atoms in total. The Morgan fingerprint density at radius 1 is 1.20 bits per heavy atom. The summed E-state index contributed by atoms with van der Waals surface area (Å²) in [6, 6.07) is 8.56. The van der Waals surface area contributed by atoms with Gasteiger partial charge >= 0.3 is 0 Å². The van der Waals surface area contributed by atoms with Crippen LogP contribution in [0, 0.1) is 5.82 Å². The monoisotopic (exact) mass is 294 g/mol. The number of sulfonamides is 1. The molecule has 106 valence electrons. The lowest BCUT2D eigenvalue weighted by molar-refractivity contribution is 0.391. The lowest BCUT2D eigenvalue weighted by Gasteiger charge is -2.23. The van der Waals surface area contributed by atoms with Gasteiger partial charge in [-0.3, -0.25) is 0 Å². The second-order valence-electron chi connectivity index (χ2n) is 4.85. The highest BCUT2D eigenvalue weighted by Crippen LogP contribution is 2.35. The van der Waals surface area contributed by atoms with Crippen LogP contribution in [0.1, 0.15) is 24.6 Å². The Bertz CT molecular complexity index is 680. The summed E-state index contributed by atoms with van der Waals surface area (Å²) in [5.74, 6) is -0.439. The molecule has 1 N–H and O–H groups in total. The van der Waals surface area contributed by atoms with Gasteiger partial charge in [-0.05, 0) is 49.2 Å². The number of rotatable bonds is 3. The molecule has 0 saturated carbocycles. The summed E-state index contributed by atoms with van der Waals surface area (Å²) in [6.07, 6.45) is 3.40. The second kappa shape index (κ2) is 5.03. The summed E-state index contributed by atoms with van der Waals surface area (Å²) < 4.78 is 39.7. The number of aromatic amines is 1. The van der Waals surface area contributed by atoms with Crippen LogP contribution in [0.2, 0.25) is 0 Å². The molecule has 0 spiro atoms. The van der Waals surface area contributed by atoms with Gasteiger partial charge in [-0.15, -0.1) is 0 Å². The fraction of sp³-hybridized carbons (Fsp3) is 0.286. The number of aromatic nitrogens is 1. The van der Waals surface area contributed by atoms with Crippen molar-refractivity contribution < 1.29 is 12.8 Å². The lowest BCUT2D eigenvalue weighted by Crippen LogP contribution is -2.30. The van der Waals surface area contributed by atoms with Crippen molar-refractivity contribution in [1.29, 1.82) is 0 Å². The first-order valence-electron chi connectivity index (χ1n) is 6.50. The van der Waals surface area contributed by atoms with Crippen LogP contribution in [0.5, 0.6) is 0 Å². The van der Waals surface area contributed by atoms with Crippen LogP contribution >= 0.6 is 0 Å². The van der Waals surface area contributed by atoms with E-state index in [1.807, 2.05) is 12.1 Å². The van der Waals surface area contributed by atoms with Gasteiger partial charge in [0.05, 0.1) is 10.9 Å². The molecule has 1 atom stereocenters. The molecule has 6 heteroatoms. The predicted molar refractivity (Wildman–Crippen MR) is 73.1 cm³/mol. The molecule has 1 aromatic carbocycles. The summed E-state index contributed by atoms with van der Waals surface area (Å²) in [5.41, 5.74) is 0.896.